The van der Waals surface area contributed by atoms with Crippen LogP contribution in [0.1, 0.15) is 32.6 Å². The molecule has 2 nitrogen and oxygen atoms in total. The summed E-state index contributed by atoms with van der Waals surface area (Å²) in [5.74, 6) is 0.882. The van der Waals surface area contributed by atoms with E-state index in [4.69, 9.17) is 11.6 Å². The molecule has 0 aromatic heterocycles. The maximum atomic E-state index is 13.3. The number of benzene rings is 1. The van der Waals surface area contributed by atoms with E-state index >= 15 is 0 Å². The molecule has 0 unspecified atom stereocenters. The predicted molar refractivity (Wildman–Crippen MR) is 81.7 cm³/mol. The monoisotopic (exact) mass is 313 g/mol. The summed E-state index contributed by atoms with van der Waals surface area (Å²) >= 11 is 7.60. The van der Waals surface area contributed by atoms with Gasteiger partial charge in [0, 0.05) is 5.69 Å². The van der Waals surface area contributed by atoms with Crippen molar-refractivity contribution in [1.29, 1.82) is 0 Å². The number of halogens is 2. The van der Waals surface area contributed by atoms with E-state index in [2.05, 4.69) is 6.92 Å². The summed E-state index contributed by atoms with van der Waals surface area (Å²) < 4.78 is 13.3. The number of anilines is 1. The highest BCUT2D eigenvalue weighted by Crippen LogP contribution is 2.50. The van der Waals surface area contributed by atoms with Crippen molar-refractivity contribution in [3.63, 3.8) is 0 Å². The van der Waals surface area contributed by atoms with Crippen molar-refractivity contribution < 1.29 is 9.18 Å². The van der Waals surface area contributed by atoms with Gasteiger partial charge in [-0.15, -0.1) is 11.8 Å². The molecular formula is C15H17ClFNOS. The molecule has 108 valence electrons. The molecular weight excluding hydrogens is 297 g/mol. The second-order valence-electron chi connectivity index (χ2n) is 5.74. The molecule has 0 N–H and O–H groups in total. The molecule has 1 saturated heterocycles. The average Bonchev–Trinajstić information content (AvgIpc) is 2.74. The minimum Gasteiger partial charge on any atom is -0.296 e. The molecule has 1 aliphatic carbocycles. The zero-order chi connectivity index (χ0) is 14.3. The van der Waals surface area contributed by atoms with Crippen LogP contribution in [0.15, 0.2) is 18.2 Å². The Labute approximate surface area is 127 Å². The maximum Gasteiger partial charge on any atom is 0.238 e. The quantitative estimate of drug-likeness (QED) is 0.762. The molecule has 2 aliphatic rings. The van der Waals surface area contributed by atoms with Crippen molar-refractivity contribution in [2.75, 3.05) is 10.7 Å². The van der Waals surface area contributed by atoms with Crippen LogP contribution < -0.4 is 4.90 Å². The Morgan fingerprint density at radius 1 is 1.40 bits per heavy atom. The van der Waals surface area contributed by atoms with Gasteiger partial charge in [-0.3, -0.25) is 9.69 Å². The fraction of sp³-hybridized carbons (Fsp3) is 0.533. The van der Waals surface area contributed by atoms with Crippen LogP contribution in [0.25, 0.3) is 0 Å². The highest BCUT2D eigenvalue weighted by Gasteiger charge is 2.48. The number of hydrogen-bond donors (Lipinski definition) is 0. The first kappa shape index (κ1) is 14.2. The zero-order valence-corrected chi connectivity index (χ0v) is 12.9. The molecule has 2 fully saturated rings. The lowest BCUT2D eigenvalue weighted by molar-refractivity contribution is -0.116. The van der Waals surface area contributed by atoms with E-state index in [-0.39, 0.29) is 15.8 Å². The fourth-order valence-electron chi connectivity index (χ4n) is 3.14. The van der Waals surface area contributed by atoms with Crippen LogP contribution in [-0.4, -0.2) is 16.5 Å². The highest BCUT2D eigenvalue weighted by atomic mass is 35.5. The van der Waals surface area contributed by atoms with E-state index < -0.39 is 5.82 Å². The molecule has 20 heavy (non-hydrogen) atoms. The lowest BCUT2D eigenvalue weighted by Crippen LogP contribution is -2.46. The molecule has 3 rings (SSSR count). The summed E-state index contributed by atoms with van der Waals surface area (Å²) in [6.07, 6.45) is 4.26. The molecule has 1 heterocycles. The molecule has 1 amide bonds. The van der Waals surface area contributed by atoms with Crippen LogP contribution in [-0.2, 0) is 4.79 Å². The summed E-state index contributed by atoms with van der Waals surface area (Å²) in [7, 11) is 0. The van der Waals surface area contributed by atoms with Crippen LogP contribution >= 0.6 is 23.4 Å². The number of rotatable bonds is 1. The first-order valence-corrected chi connectivity index (χ1v) is 8.30. The van der Waals surface area contributed by atoms with E-state index in [0.717, 1.165) is 37.3 Å². The average molecular weight is 314 g/mol. The third-order valence-electron chi connectivity index (χ3n) is 4.34. The van der Waals surface area contributed by atoms with Gasteiger partial charge in [-0.2, -0.15) is 0 Å². The maximum absolute atomic E-state index is 13.3. The Bertz CT molecular complexity index is 543. The molecule has 1 aliphatic heterocycles. The summed E-state index contributed by atoms with van der Waals surface area (Å²) in [6.45, 7) is 2.26. The molecule has 5 heteroatoms. The van der Waals surface area contributed by atoms with Crippen molar-refractivity contribution in [2.24, 2.45) is 5.92 Å². The number of nitrogens with zero attached hydrogens (tertiary/aromatic N) is 1. The first-order chi connectivity index (χ1) is 9.52. The Balaban J connectivity index is 1.96. The van der Waals surface area contributed by atoms with Gasteiger partial charge in [-0.25, -0.2) is 4.39 Å². The van der Waals surface area contributed by atoms with E-state index in [1.807, 2.05) is 4.90 Å². The Kier molecular flexibility index (Phi) is 3.71. The lowest BCUT2D eigenvalue weighted by Gasteiger charge is -2.42. The summed E-state index contributed by atoms with van der Waals surface area (Å²) in [5, 5.41) is 0.0755. The number of carbonyl (C=O) groups excluding carboxylic acids is 1. The van der Waals surface area contributed by atoms with E-state index in [1.165, 1.54) is 6.07 Å². The van der Waals surface area contributed by atoms with Crippen molar-refractivity contribution in [2.45, 2.75) is 37.5 Å². The number of thioether (sulfide) groups is 1. The second-order valence-corrected chi connectivity index (χ2v) is 7.49. The first-order valence-electron chi connectivity index (χ1n) is 6.94. The number of carbonyl (C=O) groups is 1. The van der Waals surface area contributed by atoms with Gasteiger partial charge in [0.25, 0.3) is 0 Å². The Hall–Kier alpha value is -0.740. The SMILES string of the molecule is CC1CCC2(CC1)SCC(=O)N2c1ccc(F)c(Cl)c1. The molecule has 1 aromatic rings. The molecule has 1 aromatic carbocycles. The molecule has 0 bridgehead atoms. The van der Waals surface area contributed by atoms with E-state index in [0.29, 0.717) is 5.75 Å². The minimum atomic E-state index is -0.443. The van der Waals surface area contributed by atoms with Gasteiger partial charge in [0.2, 0.25) is 5.91 Å². The van der Waals surface area contributed by atoms with Gasteiger partial charge in [0.15, 0.2) is 0 Å². The standard InChI is InChI=1S/C15H17ClFNOS/c1-10-4-6-15(7-5-10)18(14(19)9-20-15)11-2-3-13(17)12(16)8-11/h2-3,8,10H,4-7,9H2,1H3. The molecule has 0 atom stereocenters. The third kappa shape index (κ3) is 2.33. The molecule has 1 spiro atoms. The molecule has 0 radical (unpaired) electrons. The minimum absolute atomic E-state index is 0.0755. The van der Waals surface area contributed by atoms with Crippen LogP contribution in [0, 0.1) is 11.7 Å². The smallest absolute Gasteiger partial charge is 0.238 e. The highest BCUT2D eigenvalue weighted by molar-refractivity contribution is 8.02. The topological polar surface area (TPSA) is 20.3 Å². The summed E-state index contributed by atoms with van der Waals surface area (Å²) in [4.78, 5) is 14.0. The van der Waals surface area contributed by atoms with Gasteiger partial charge >= 0.3 is 0 Å². The van der Waals surface area contributed by atoms with Crippen LogP contribution in [0.3, 0.4) is 0 Å². The van der Waals surface area contributed by atoms with Gasteiger partial charge < -0.3 is 0 Å². The van der Waals surface area contributed by atoms with Crippen molar-refractivity contribution in [3.05, 3.63) is 29.0 Å². The van der Waals surface area contributed by atoms with E-state index in [1.54, 1.807) is 23.9 Å². The lowest BCUT2D eigenvalue weighted by atomic mass is 9.85. The predicted octanol–water partition coefficient (Wildman–Crippen LogP) is 4.47. The van der Waals surface area contributed by atoms with Crippen LogP contribution in [0.5, 0.6) is 0 Å². The number of amides is 1. The Morgan fingerprint density at radius 2 is 2.10 bits per heavy atom. The van der Waals surface area contributed by atoms with Crippen LogP contribution in [0.4, 0.5) is 10.1 Å². The van der Waals surface area contributed by atoms with E-state index in [9.17, 15) is 9.18 Å². The summed E-state index contributed by atoms with van der Waals surface area (Å²) in [5.41, 5.74) is 0.723. The van der Waals surface area contributed by atoms with Gasteiger partial charge in [0.1, 0.15) is 5.82 Å². The van der Waals surface area contributed by atoms with Gasteiger partial charge in [0.05, 0.1) is 15.6 Å². The fourth-order valence-corrected chi connectivity index (χ4v) is 4.69. The van der Waals surface area contributed by atoms with Gasteiger partial charge in [-0.05, 0) is 49.8 Å². The van der Waals surface area contributed by atoms with Gasteiger partial charge in [-0.1, -0.05) is 18.5 Å². The number of hydrogen-bond acceptors (Lipinski definition) is 2. The van der Waals surface area contributed by atoms with Crippen molar-refractivity contribution >= 4 is 35.0 Å². The zero-order valence-electron chi connectivity index (χ0n) is 11.4. The van der Waals surface area contributed by atoms with Crippen LogP contribution in [0.2, 0.25) is 5.02 Å². The second kappa shape index (κ2) is 5.23. The normalized spacial score (nSPS) is 30.2. The Morgan fingerprint density at radius 3 is 2.75 bits per heavy atom. The summed E-state index contributed by atoms with van der Waals surface area (Å²) in [6, 6.07) is 4.57. The van der Waals surface area contributed by atoms with Crippen molar-refractivity contribution in [3.8, 4) is 0 Å². The largest absolute Gasteiger partial charge is 0.296 e. The van der Waals surface area contributed by atoms with Crippen molar-refractivity contribution in [1.82, 2.24) is 0 Å². The third-order valence-corrected chi connectivity index (χ3v) is 6.15. The molecule has 1 saturated carbocycles.